The van der Waals surface area contributed by atoms with Gasteiger partial charge in [-0.2, -0.15) is 13.2 Å². The maximum absolute atomic E-state index is 13.2. The molecule has 5 rings (SSSR count). The second kappa shape index (κ2) is 7.47. The van der Waals surface area contributed by atoms with Gasteiger partial charge in [0.1, 0.15) is 5.69 Å². The Kier molecular flexibility index (Phi) is 4.88. The molecule has 5 heterocycles. The lowest BCUT2D eigenvalue weighted by molar-refractivity contribution is -0.141. The quantitative estimate of drug-likeness (QED) is 0.793. The van der Waals surface area contributed by atoms with Gasteiger partial charge >= 0.3 is 6.18 Å². The number of nitrogens with one attached hydrogen (secondary N) is 1. The highest BCUT2D eigenvalue weighted by molar-refractivity contribution is 5.81. The van der Waals surface area contributed by atoms with Crippen LogP contribution >= 0.6 is 0 Å². The molecule has 31 heavy (non-hydrogen) atoms. The fourth-order valence-electron chi connectivity index (χ4n) is 4.93. The number of fused-ring (bicyclic) bond motifs is 2. The lowest BCUT2D eigenvalue weighted by Gasteiger charge is -2.22. The summed E-state index contributed by atoms with van der Waals surface area (Å²) in [6.45, 7) is 6.09. The predicted molar refractivity (Wildman–Crippen MR) is 108 cm³/mol. The molecule has 3 aliphatic rings. The van der Waals surface area contributed by atoms with Crippen LogP contribution in [0.5, 0.6) is 0 Å². The van der Waals surface area contributed by atoms with E-state index in [1.165, 1.54) is 29.0 Å². The number of pyridine rings is 2. The summed E-state index contributed by atoms with van der Waals surface area (Å²) in [6.07, 6.45) is -1.56. The van der Waals surface area contributed by atoms with Crippen molar-refractivity contribution in [2.75, 3.05) is 24.5 Å². The minimum Gasteiger partial charge on any atom is -0.369 e. The lowest BCUT2D eigenvalue weighted by atomic mass is 9.96. The fourth-order valence-corrected chi connectivity index (χ4v) is 4.93. The smallest absolute Gasteiger partial charge is 0.369 e. The van der Waals surface area contributed by atoms with E-state index in [1.807, 2.05) is 9.80 Å². The number of nitrogens with zero attached hydrogens (tertiary/aromatic N) is 4. The SMILES string of the molecule is Cc1c2c(nc3c1CN(C(=O)[C@@H]1CCN(c4ccc(C(F)(F)F)nc4)C1)C3)CNCC2. The van der Waals surface area contributed by atoms with E-state index in [0.29, 0.717) is 38.3 Å². The molecule has 0 unspecified atom stereocenters. The van der Waals surface area contributed by atoms with Crippen LogP contribution in [0.3, 0.4) is 0 Å². The number of hydrogen-bond donors (Lipinski definition) is 1. The average Bonchev–Trinajstić information content (AvgIpc) is 3.41. The van der Waals surface area contributed by atoms with Gasteiger partial charge in [0.05, 0.1) is 35.7 Å². The Hall–Kier alpha value is -2.68. The summed E-state index contributed by atoms with van der Waals surface area (Å²) in [5.74, 6) is -0.0796. The predicted octanol–water partition coefficient (Wildman–Crippen LogP) is 2.82. The molecule has 0 spiro atoms. The van der Waals surface area contributed by atoms with E-state index in [9.17, 15) is 18.0 Å². The van der Waals surface area contributed by atoms with Crippen LogP contribution in [0.4, 0.5) is 18.9 Å². The summed E-state index contributed by atoms with van der Waals surface area (Å²) in [5.41, 5.74) is 5.56. The van der Waals surface area contributed by atoms with Crippen LogP contribution < -0.4 is 10.2 Å². The van der Waals surface area contributed by atoms with Crippen LogP contribution in [0.15, 0.2) is 18.3 Å². The molecule has 3 aliphatic heterocycles. The molecule has 9 heteroatoms. The van der Waals surface area contributed by atoms with E-state index >= 15 is 0 Å². The molecule has 0 radical (unpaired) electrons. The van der Waals surface area contributed by atoms with Gasteiger partial charge in [0.15, 0.2) is 0 Å². The van der Waals surface area contributed by atoms with Crippen molar-refractivity contribution >= 4 is 11.6 Å². The summed E-state index contributed by atoms with van der Waals surface area (Å²) in [5, 5.41) is 3.35. The second-order valence-corrected chi connectivity index (χ2v) is 8.54. The van der Waals surface area contributed by atoms with Crippen LogP contribution in [0.2, 0.25) is 0 Å². The highest BCUT2D eigenvalue weighted by atomic mass is 19.4. The molecule has 0 saturated carbocycles. The molecule has 1 amide bonds. The molecule has 1 N–H and O–H groups in total. The standard InChI is InChI=1S/C22H24F3N5O/c1-13-16-4-6-26-9-18(16)28-19-12-30(11-17(13)19)21(31)14-5-7-29(10-14)15-2-3-20(27-8-15)22(23,24)25/h2-3,8,14,26H,4-7,9-12H2,1H3/t14-/m1/s1. The van der Waals surface area contributed by atoms with Crippen molar-refractivity contribution in [3.8, 4) is 0 Å². The van der Waals surface area contributed by atoms with Crippen molar-refractivity contribution in [2.24, 2.45) is 5.92 Å². The van der Waals surface area contributed by atoms with Crippen molar-refractivity contribution in [3.63, 3.8) is 0 Å². The topological polar surface area (TPSA) is 61.4 Å². The number of carbonyl (C=O) groups excluding carboxylic acids is 1. The Morgan fingerprint density at radius 3 is 2.77 bits per heavy atom. The Morgan fingerprint density at radius 2 is 2.03 bits per heavy atom. The van der Waals surface area contributed by atoms with Crippen LogP contribution in [0.1, 0.15) is 40.2 Å². The maximum Gasteiger partial charge on any atom is 0.433 e. The number of amides is 1. The van der Waals surface area contributed by atoms with Gasteiger partial charge in [-0.25, -0.2) is 4.98 Å². The summed E-state index contributed by atoms with van der Waals surface area (Å²) >= 11 is 0. The van der Waals surface area contributed by atoms with Gasteiger partial charge < -0.3 is 15.1 Å². The minimum absolute atomic E-state index is 0.0934. The number of rotatable bonds is 2. The molecular weight excluding hydrogens is 407 g/mol. The molecule has 1 atom stereocenters. The third-order valence-corrected chi connectivity index (χ3v) is 6.66. The molecule has 1 fully saturated rings. The summed E-state index contributed by atoms with van der Waals surface area (Å²) < 4.78 is 38.2. The number of alkyl halides is 3. The lowest BCUT2D eigenvalue weighted by Crippen LogP contribution is -2.34. The molecule has 6 nitrogen and oxygen atoms in total. The first-order chi connectivity index (χ1) is 14.8. The van der Waals surface area contributed by atoms with Gasteiger partial charge in [-0.3, -0.25) is 9.78 Å². The summed E-state index contributed by atoms with van der Waals surface area (Å²) in [6, 6.07) is 2.42. The normalized spacial score (nSPS) is 20.7. The van der Waals surface area contributed by atoms with Gasteiger partial charge in [0.25, 0.3) is 0 Å². The Labute approximate surface area is 178 Å². The fraction of sp³-hybridized carbons (Fsp3) is 0.500. The molecule has 0 aliphatic carbocycles. The maximum atomic E-state index is 13.2. The third kappa shape index (κ3) is 3.64. The van der Waals surface area contributed by atoms with Gasteiger partial charge in [-0.1, -0.05) is 0 Å². The highest BCUT2D eigenvalue weighted by Crippen LogP contribution is 2.33. The largest absolute Gasteiger partial charge is 0.433 e. The van der Waals surface area contributed by atoms with Crippen LogP contribution in [0, 0.1) is 12.8 Å². The monoisotopic (exact) mass is 431 g/mol. The van der Waals surface area contributed by atoms with Gasteiger partial charge in [0, 0.05) is 26.2 Å². The zero-order chi connectivity index (χ0) is 21.8. The number of anilines is 1. The first-order valence-electron chi connectivity index (χ1n) is 10.6. The van der Waals surface area contributed by atoms with E-state index in [0.717, 1.165) is 37.0 Å². The van der Waals surface area contributed by atoms with Crippen LogP contribution in [-0.4, -0.2) is 40.4 Å². The van der Waals surface area contributed by atoms with E-state index in [2.05, 4.69) is 17.2 Å². The molecule has 0 aromatic carbocycles. The van der Waals surface area contributed by atoms with Crippen molar-refractivity contribution in [1.29, 1.82) is 0 Å². The van der Waals surface area contributed by atoms with Gasteiger partial charge in [-0.05, 0) is 55.1 Å². The molecular formula is C22H24F3N5O. The molecule has 0 bridgehead atoms. The van der Waals surface area contributed by atoms with Crippen LogP contribution in [-0.2, 0) is 37.0 Å². The van der Waals surface area contributed by atoms with E-state index in [-0.39, 0.29) is 11.8 Å². The Bertz CT molecular complexity index is 1020. The Balaban J connectivity index is 1.27. The highest BCUT2D eigenvalue weighted by Gasteiger charge is 2.36. The van der Waals surface area contributed by atoms with Gasteiger partial charge in [-0.15, -0.1) is 0 Å². The number of hydrogen-bond acceptors (Lipinski definition) is 5. The average molecular weight is 431 g/mol. The third-order valence-electron chi connectivity index (χ3n) is 6.66. The van der Waals surface area contributed by atoms with Crippen LogP contribution in [0.25, 0.3) is 0 Å². The van der Waals surface area contributed by atoms with E-state index < -0.39 is 11.9 Å². The zero-order valence-electron chi connectivity index (χ0n) is 17.3. The van der Waals surface area contributed by atoms with Crippen molar-refractivity contribution in [3.05, 3.63) is 52.1 Å². The number of carbonyl (C=O) groups is 1. The number of halogens is 3. The first kappa shape index (κ1) is 20.2. The summed E-state index contributed by atoms with van der Waals surface area (Å²) in [4.78, 5) is 25.4. The second-order valence-electron chi connectivity index (χ2n) is 8.54. The van der Waals surface area contributed by atoms with Gasteiger partial charge in [0.2, 0.25) is 5.91 Å². The first-order valence-corrected chi connectivity index (χ1v) is 10.6. The van der Waals surface area contributed by atoms with Crippen molar-refractivity contribution < 1.29 is 18.0 Å². The van der Waals surface area contributed by atoms with Crippen molar-refractivity contribution in [2.45, 2.75) is 45.6 Å². The number of aromatic nitrogens is 2. The molecule has 2 aromatic heterocycles. The summed E-state index contributed by atoms with van der Waals surface area (Å²) in [7, 11) is 0. The molecule has 2 aromatic rings. The molecule has 164 valence electrons. The minimum atomic E-state index is -4.45. The molecule has 1 saturated heterocycles. The Morgan fingerprint density at radius 1 is 1.19 bits per heavy atom. The van der Waals surface area contributed by atoms with E-state index in [4.69, 9.17) is 4.98 Å². The zero-order valence-corrected chi connectivity index (χ0v) is 17.3. The van der Waals surface area contributed by atoms with Crippen molar-refractivity contribution in [1.82, 2.24) is 20.2 Å². The van der Waals surface area contributed by atoms with E-state index in [1.54, 1.807) is 0 Å².